The second-order valence-corrected chi connectivity index (χ2v) is 32.9. The highest BCUT2D eigenvalue weighted by Gasteiger charge is 2.29. The minimum absolute atomic E-state index is 0.0908. The van der Waals surface area contributed by atoms with Gasteiger partial charge in [-0.25, -0.2) is 9.13 Å². The van der Waals surface area contributed by atoms with Crippen molar-refractivity contribution in [3.05, 3.63) is 146 Å². The average molecular weight is 1620 g/mol. The fourth-order valence-electron chi connectivity index (χ4n) is 12.2. The number of allylic oxidation sites excluding steroid dienone is 24. The van der Waals surface area contributed by atoms with Crippen molar-refractivity contribution in [2.75, 3.05) is 39.6 Å². The lowest BCUT2D eigenvalue weighted by Crippen LogP contribution is -2.30. The fraction of sp³-hybridized carbons (Fsp3) is 0.716. The van der Waals surface area contributed by atoms with Gasteiger partial charge in [0.1, 0.15) is 25.4 Å². The summed E-state index contributed by atoms with van der Waals surface area (Å²) in [5.74, 6) is -1.58. The summed E-state index contributed by atoms with van der Waals surface area (Å²) in [6.07, 6.45) is 109. The van der Waals surface area contributed by atoms with Crippen LogP contribution in [0, 0.1) is 0 Å². The van der Waals surface area contributed by atoms with Gasteiger partial charge in [-0.3, -0.25) is 32.5 Å². The van der Waals surface area contributed by atoms with Crippen molar-refractivity contribution in [2.24, 2.45) is 0 Å². The van der Waals surface area contributed by atoms with Crippen LogP contribution in [-0.4, -0.2) is 95.9 Å². The molecule has 4 N–H and O–H groups in total. The Kier molecular flexibility index (Phi) is 83.3. The number of rotatable bonds is 85. The Morgan fingerprint density at radius 1 is 0.257 bits per heavy atom. The molecule has 650 valence electrons. The van der Waals surface area contributed by atoms with E-state index in [0.29, 0.717) is 19.3 Å². The summed E-state index contributed by atoms with van der Waals surface area (Å²) in [5, 5.41) is 20.7. The lowest BCUT2D eigenvalue weighted by Gasteiger charge is -2.21. The van der Waals surface area contributed by atoms with E-state index in [1.54, 1.807) is 0 Å². The van der Waals surface area contributed by atoms with Crippen LogP contribution in [0.4, 0.5) is 0 Å². The van der Waals surface area contributed by atoms with Gasteiger partial charge in [0.05, 0.1) is 26.4 Å². The molecular weight excluding hydrogens is 1460 g/mol. The zero-order valence-electron chi connectivity index (χ0n) is 71.5. The van der Waals surface area contributed by atoms with Crippen LogP contribution >= 0.6 is 15.6 Å². The molecule has 0 amide bonds. The molecule has 0 rings (SSSR count). The number of hydrogen-bond donors (Lipinski definition) is 4. The van der Waals surface area contributed by atoms with Gasteiger partial charge in [-0.15, -0.1) is 0 Å². The number of phosphoric acid groups is 2. The Bertz CT molecular complexity index is 2630. The van der Waals surface area contributed by atoms with E-state index in [9.17, 15) is 43.5 Å². The Hall–Kier alpha value is -4.57. The standard InChI is InChI=1S/C95H164O16P2/c1-4-7-10-13-16-19-22-25-28-31-33-35-37-39-41-42-43-44-45-46-48-50-51-53-55-58-60-63-66-69-72-75-78-81-93(98)105-84-90(96)85-107-112(101,102)108-86-91(97)87-109-113(103,104)110-89-92(111-95(100)83-80-77-74-71-68-65-62-57-30-27-24-21-18-15-12-9-6-3)88-106-94(99)82-79-76-73-70-67-64-61-59-56-54-52-49-47-40-38-36-34-32-29-26-23-20-17-14-11-8-5-2/h7,9-10,12,16-21,25-30,33-36,39-41,47,90-92,96-97H,4-6,8,11,13-15,22-24,31-32,37-38,42-46,48-89H2,1-3H3,(H,101,102)(H,103,104)/b10-7-,12-9-,19-16-,20-17-,21-18-,28-25-,29-26-,30-27-,35-33-,36-34-,41-39-,47-40-. The molecular formula is C95H164O16P2. The van der Waals surface area contributed by atoms with Gasteiger partial charge in [0, 0.05) is 19.3 Å². The molecule has 0 aromatic rings. The van der Waals surface area contributed by atoms with Gasteiger partial charge in [0.25, 0.3) is 0 Å². The van der Waals surface area contributed by atoms with E-state index in [4.69, 9.17) is 32.3 Å². The summed E-state index contributed by atoms with van der Waals surface area (Å²) in [6.45, 7) is 2.46. The largest absolute Gasteiger partial charge is 0.472 e. The van der Waals surface area contributed by atoms with E-state index in [0.717, 1.165) is 167 Å². The lowest BCUT2D eigenvalue weighted by molar-refractivity contribution is -0.161. The molecule has 0 radical (unpaired) electrons. The minimum atomic E-state index is -4.94. The Balaban J connectivity index is 4.49. The van der Waals surface area contributed by atoms with Crippen molar-refractivity contribution in [3.8, 4) is 0 Å². The van der Waals surface area contributed by atoms with Crippen LogP contribution in [0.1, 0.15) is 380 Å². The van der Waals surface area contributed by atoms with Gasteiger partial charge < -0.3 is 34.2 Å². The predicted molar refractivity (Wildman–Crippen MR) is 473 cm³/mol. The molecule has 18 heteroatoms. The summed E-state index contributed by atoms with van der Waals surface area (Å²) in [7, 11) is -9.81. The number of phosphoric ester groups is 2. The van der Waals surface area contributed by atoms with Crippen LogP contribution in [0.3, 0.4) is 0 Å². The Morgan fingerprint density at radius 3 is 0.743 bits per heavy atom. The lowest BCUT2D eigenvalue weighted by atomic mass is 10.0. The smallest absolute Gasteiger partial charge is 0.463 e. The summed E-state index contributed by atoms with van der Waals surface area (Å²) in [5.41, 5.74) is 0. The van der Waals surface area contributed by atoms with Crippen molar-refractivity contribution in [2.45, 2.75) is 399 Å². The molecule has 5 atom stereocenters. The first-order chi connectivity index (χ1) is 55.2. The minimum Gasteiger partial charge on any atom is -0.463 e. The van der Waals surface area contributed by atoms with Crippen molar-refractivity contribution in [1.82, 2.24) is 0 Å². The number of aliphatic hydroxyl groups excluding tert-OH is 2. The van der Waals surface area contributed by atoms with Gasteiger partial charge in [0.2, 0.25) is 0 Å². The number of esters is 3. The van der Waals surface area contributed by atoms with Gasteiger partial charge in [0.15, 0.2) is 6.10 Å². The molecule has 0 bridgehead atoms. The third-order valence-electron chi connectivity index (χ3n) is 19.0. The third kappa shape index (κ3) is 88.1. The van der Waals surface area contributed by atoms with Crippen molar-refractivity contribution in [3.63, 3.8) is 0 Å². The summed E-state index contributed by atoms with van der Waals surface area (Å²) < 4.78 is 61.4. The zero-order chi connectivity index (χ0) is 82.2. The van der Waals surface area contributed by atoms with Crippen LogP contribution in [-0.2, 0) is 55.8 Å². The average Bonchev–Trinajstić information content (AvgIpc) is 0.900. The number of aliphatic hydroxyl groups is 2. The first-order valence-corrected chi connectivity index (χ1v) is 48.1. The molecule has 0 aromatic carbocycles. The SMILES string of the molecule is CC/C=C\C/C=C\C/C=C\C/C=C\C/C=C\CCCCCCCCCCCCCCCCCCCC(=O)OCC(O)COP(=O)(O)OCC(O)COP(=O)(O)OCC(COC(=O)CCCCCCCCCCCCC/C=C\C/C=C\C/C=C\C/C=C\CCCCC)OC(=O)CCCCCCCCC/C=C\C/C=C\C/C=C\CC. The van der Waals surface area contributed by atoms with Crippen molar-refractivity contribution < 1.29 is 75.8 Å². The van der Waals surface area contributed by atoms with E-state index in [-0.39, 0.29) is 19.3 Å². The molecule has 0 saturated carbocycles. The van der Waals surface area contributed by atoms with E-state index < -0.39 is 91.5 Å². The van der Waals surface area contributed by atoms with E-state index >= 15 is 0 Å². The molecule has 0 aliphatic rings. The predicted octanol–water partition coefficient (Wildman–Crippen LogP) is 27.6. The molecule has 0 saturated heterocycles. The number of hydrogen-bond acceptors (Lipinski definition) is 14. The summed E-state index contributed by atoms with van der Waals surface area (Å²) >= 11 is 0. The van der Waals surface area contributed by atoms with Crippen LogP contribution in [0.5, 0.6) is 0 Å². The number of carbonyl (C=O) groups is 3. The summed E-state index contributed by atoms with van der Waals surface area (Å²) in [4.78, 5) is 58.9. The monoisotopic (exact) mass is 1620 g/mol. The molecule has 0 fully saturated rings. The van der Waals surface area contributed by atoms with E-state index in [1.807, 2.05) is 0 Å². The molecule has 0 aliphatic carbocycles. The van der Waals surface area contributed by atoms with Crippen LogP contribution in [0.15, 0.2) is 146 Å². The van der Waals surface area contributed by atoms with Crippen LogP contribution in [0.25, 0.3) is 0 Å². The Morgan fingerprint density at radius 2 is 0.469 bits per heavy atom. The molecule has 0 heterocycles. The third-order valence-corrected chi connectivity index (χ3v) is 20.9. The van der Waals surface area contributed by atoms with Crippen molar-refractivity contribution >= 4 is 33.6 Å². The topological polar surface area (TPSA) is 231 Å². The molecule has 16 nitrogen and oxygen atoms in total. The maximum absolute atomic E-state index is 13.0. The van der Waals surface area contributed by atoms with Crippen molar-refractivity contribution in [1.29, 1.82) is 0 Å². The van der Waals surface area contributed by atoms with Crippen LogP contribution in [0.2, 0.25) is 0 Å². The molecule has 0 spiro atoms. The van der Waals surface area contributed by atoms with Gasteiger partial charge in [-0.1, -0.05) is 366 Å². The van der Waals surface area contributed by atoms with Gasteiger partial charge in [-0.2, -0.15) is 0 Å². The molecule has 0 aromatic heterocycles. The van der Waals surface area contributed by atoms with E-state index in [2.05, 4.69) is 167 Å². The highest BCUT2D eigenvalue weighted by molar-refractivity contribution is 7.47. The molecule has 113 heavy (non-hydrogen) atoms. The first kappa shape index (κ1) is 108. The van der Waals surface area contributed by atoms with Gasteiger partial charge in [-0.05, 0) is 141 Å². The highest BCUT2D eigenvalue weighted by Crippen LogP contribution is 2.45. The second kappa shape index (κ2) is 86.8. The first-order valence-electron chi connectivity index (χ1n) is 45.1. The second-order valence-electron chi connectivity index (χ2n) is 30.0. The number of ether oxygens (including phenoxy) is 3. The van der Waals surface area contributed by atoms with Gasteiger partial charge >= 0.3 is 33.6 Å². The fourth-order valence-corrected chi connectivity index (χ4v) is 13.8. The van der Waals surface area contributed by atoms with E-state index in [1.165, 1.54) is 154 Å². The quantitative estimate of drug-likeness (QED) is 0.0146. The number of unbranched alkanes of at least 4 members (excludes halogenated alkanes) is 38. The number of carbonyl (C=O) groups excluding carboxylic acids is 3. The highest BCUT2D eigenvalue weighted by atomic mass is 31.2. The normalized spacial score (nSPS) is 14.5. The molecule has 5 unspecified atom stereocenters. The van der Waals surface area contributed by atoms with Crippen LogP contribution < -0.4 is 0 Å². The maximum atomic E-state index is 13.0. The Labute approximate surface area is 689 Å². The maximum Gasteiger partial charge on any atom is 0.472 e. The zero-order valence-corrected chi connectivity index (χ0v) is 73.3. The molecule has 0 aliphatic heterocycles. The summed E-state index contributed by atoms with van der Waals surface area (Å²) in [6, 6.07) is 0.